The van der Waals surface area contributed by atoms with Crippen LogP contribution >= 0.6 is 0 Å². The van der Waals surface area contributed by atoms with Crippen molar-refractivity contribution in [3.63, 3.8) is 0 Å². The van der Waals surface area contributed by atoms with E-state index in [9.17, 15) is 0 Å². The molecule has 0 aromatic carbocycles. The molecule has 0 amide bonds. The number of rotatable bonds is 13. The number of hydrogen-bond donors (Lipinski definition) is 0. The lowest BCUT2D eigenvalue weighted by atomic mass is 10.1. The van der Waals surface area contributed by atoms with Crippen LogP contribution in [-0.4, -0.2) is 32.9 Å². The smallest absolute Gasteiger partial charge is 0.192 e. The second-order valence-electron chi connectivity index (χ2n) is 10.4. The lowest BCUT2D eigenvalue weighted by Crippen LogP contribution is -2.43. The van der Waals surface area contributed by atoms with E-state index < -0.39 is 14.1 Å². The summed E-state index contributed by atoms with van der Waals surface area (Å²) in [7, 11) is -1.77. The van der Waals surface area contributed by atoms with E-state index in [1.54, 1.807) is 0 Å². The van der Waals surface area contributed by atoms with E-state index in [0.717, 1.165) is 6.42 Å². The maximum atomic E-state index is 6.40. The summed E-state index contributed by atoms with van der Waals surface area (Å²) in [6, 6.07) is 0. The van der Waals surface area contributed by atoms with Crippen molar-refractivity contribution in [1.82, 2.24) is 0 Å². The molecule has 2 atom stereocenters. The van der Waals surface area contributed by atoms with Gasteiger partial charge >= 0.3 is 0 Å². The van der Waals surface area contributed by atoms with E-state index in [1.807, 2.05) is 13.8 Å². The van der Waals surface area contributed by atoms with Crippen molar-refractivity contribution in [2.75, 3.05) is 6.61 Å². The Kier molecular flexibility index (Phi) is 11.0. The molecule has 3 nitrogen and oxygen atoms in total. The van der Waals surface area contributed by atoms with Crippen LogP contribution in [0.5, 0.6) is 0 Å². The minimum Gasteiger partial charge on any atom is -0.414 e. The Balaban J connectivity index is 2.35. The quantitative estimate of drug-likeness (QED) is 0.177. The Morgan fingerprint density at radius 3 is 2.07 bits per heavy atom. The summed E-state index contributed by atoms with van der Waals surface area (Å²) in [5.74, 6) is -0.533. The molecule has 0 aromatic heterocycles. The lowest BCUT2D eigenvalue weighted by Gasteiger charge is -2.37. The van der Waals surface area contributed by atoms with Gasteiger partial charge in [-0.05, 0) is 44.8 Å². The fraction of sp³-hybridized carbons (Fsp3) is 0.917. The molecule has 28 heavy (non-hydrogen) atoms. The van der Waals surface area contributed by atoms with Gasteiger partial charge < -0.3 is 13.9 Å². The van der Waals surface area contributed by atoms with Gasteiger partial charge in [-0.1, -0.05) is 84.8 Å². The summed E-state index contributed by atoms with van der Waals surface area (Å²) < 4.78 is 18.7. The number of allylic oxidation sites excluding steroid dienone is 1. The molecule has 1 fully saturated rings. The first-order valence-electron chi connectivity index (χ1n) is 11.6. The molecular formula is C24H48O3Si. The van der Waals surface area contributed by atoms with Gasteiger partial charge in [-0.15, -0.1) is 0 Å². The van der Waals surface area contributed by atoms with Crippen LogP contribution in [-0.2, 0) is 13.9 Å². The summed E-state index contributed by atoms with van der Waals surface area (Å²) in [4.78, 5) is 0. The molecule has 1 aliphatic heterocycles. The minimum absolute atomic E-state index is 0.00573. The zero-order valence-corrected chi connectivity index (χ0v) is 21.1. The molecule has 0 aliphatic carbocycles. The molecule has 0 saturated carbocycles. The zero-order chi connectivity index (χ0) is 21.3. The van der Waals surface area contributed by atoms with Crippen LogP contribution in [0.4, 0.5) is 0 Å². The predicted molar refractivity (Wildman–Crippen MR) is 123 cm³/mol. The maximum absolute atomic E-state index is 6.40. The van der Waals surface area contributed by atoms with E-state index >= 15 is 0 Å². The number of unbranched alkanes of at least 4 members (excludes halogenated alkanes) is 8. The van der Waals surface area contributed by atoms with E-state index in [4.69, 9.17) is 13.9 Å². The Morgan fingerprint density at radius 2 is 1.50 bits per heavy atom. The maximum Gasteiger partial charge on any atom is 0.192 e. The van der Waals surface area contributed by atoms with Crippen molar-refractivity contribution in [2.24, 2.45) is 0 Å². The van der Waals surface area contributed by atoms with Gasteiger partial charge in [-0.2, -0.15) is 0 Å². The molecular weight excluding hydrogens is 364 g/mol. The van der Waals surface area contributed by atoms with Gasteiger partial charge in [-0.25, -0.2) is 0 Å². The van der Waals surface area contributed by atoms with E-state index in [1.165, 1.54) is 51.4 Å². The number of ether oxygens (including phenoxy) is 2. The Hall–Kier alpha value is -0.163. The van der Waals surface area contributed by atoms with E-state index in [-0.39, 0.29) is 17.2 Å². The number of hydrogen-bond acceptors (Lipinski definition) is 3. The fourth-order valence-electron chi connectivity index (χ4n) is 3.29. The van der Waals surface area contributed by atoms with Gasteiger partial charge in [0.25, 0.3) is 0 Å². The molecule has 166 valence electrons. The van der Waals surface area contributed by atoms with Gasteiger partial charge in [0.1, 0.15) is 12.2 Å². The second kappa shape index (κ2) is 11.9. The van der Waals surface area contributed by atoms with Gasteiger partial charge in [0, 0.05) is 0 Å². The van der Waals surface area contributed by atoms with E-state index in [0.29, 0.717) is 6.61 Å². The lowest BCUT2D eigenvalue weighted by molar-refractivity contribution is -0.145. The normalized spacial score (nSPS) is 23.0. The monoisotopic (exact) mass is 412 g/mol. The van der Waals surface area contributed by atoms with Crippen molar-refractivity contribution < 1.29 is 13.9 Å². The molecule has 0 spiro atoms. The van der Waals surface area contributed by atoms with Crippen molar-refractivity contribution in [3.05, 3.63) is 12.2 Å². The minimum atomic E-state index is -1.77. The highest BCUT2D eigenvalue weighted by Crippen LogP contribution is 2.38. The first-order valence-corrected chi connectivity index (χ1v) is 14.6. The van der Waals surface area contributed by atoms with Crippen LogP contribution in [0.15, 0.2) is 12.2 Å². The summed E-state index contributed by atoms with van der Waals surface area (Å²) >= 11 is 0. The van der Waals surface area contributed by atoms with Crippen molar-refractivity contribution in [1.29, 1.82) is 0 Å². The molecule has 0 N–H and O–H groups in total. The standard InChI is InChI=1S/C24H48O3Si/c1-9-10-11-12-13-14-15-16-17-18-19-21-22(27-24(5,6)26-21)20-25-28(7,8)23(2,3)4/h18-19,21-22H,9-17,20H2,1-8H3/b19-18+/t21-,22-/m0/s1. The summed E-state index contributed by atoms with van der Waals surface area (Å²) in [5, 5.41) is 0.212. The third kappa shape index (κ3) is 9.56. The summed E-state index contributed by atoms with van der Waals surface area (Å²) in [5.41, 5.74) is 0. The highest BCUT2D eigenvalue weighted by molar-refractivity contribution is 6.74. The van der Waals surface area contributed by atoms with Gasteiger partial charge in [0.2, 0.25) is 0 Å². The van der Waals surface area contributed by atoms with Crippen LogP contribution in [0.1, 0.15) is 99.3 Å². The first-order chi connectivity index (χ1) is 13.0. The highest BCUT2D eigenvalue weighted by Gasteiger charge is 2.43. The largest absolute Gasteiger partial charge is 0.414 e. The van der Waals surface area contributed by atoms with E-state index in [2.05, 4.69) is 52.9 Å². The SMILES string of the molecule is CCCCCCCCCC/C=C/[C@@H]1OC(C)(C)O[C@H]1CO[Si](C)(C)C(C)(C)C. The molecule has 1 rings (SSSR count). The fourth-order valence-corrected chi connectivity index (χ4v) is 4.30. The Bertz CT molecular complexity index is 451. The second-order valence-corrected chi connectivity index (χ2v) is 15.2. The summed E-state index contributed by atoms with van der Waals surface area (Å²) in [6.45, 7) is 18.3. The topological polar surface area (TPSA) is 27.7 Å². The van der Waals surface area contributed by atoms with Gasteiger partial charge in [-0.3, -0.25) is 0 Å². The average molecular weight is 413 g/mol. The molecule has 4 heteroatoms. The Morgan fingerprint density at radius 1 is 0.929 bits per heavy atom. The van der Waals surface area contributed by atoms with Crippen molar-refractivity contribution in [3.8, 4) is 0 Å². The molecule has 1 aliphatic rings. The third-order valence-electron chi connectivity index (χ3n) is 6.19. The third-order valence-corrected chi connectivity index (χ3v) is 10.7. The van der Waals surface area contributed by atoms with Crippen LogP contribution < -0.4 is 0 Å². The van der Waals surface area contributed by atoms with Gasteiger partial charge in [0.15, 0.2) is 14.1 Å². The predicted octanol–water partition coefficient (Wildman–Crippen LogP) is 7.62. The highest BCUT2D eigenvalue weighted by atomic mass is 28.4. The Labute approximate surface area is 176 Å². The van der Waals surface area contributed by atoms with Crippen LogP contribution in [0.2, 0.25) is 18.1 Å². The van der Waals surface area contributed by atoms with Gasteiger partial charge in [0.05, 0.1) is 6.61 Å². The molecule has 1 heterocycles. The molecule has 0 aromatic rings. The van der Waals surface area contributed by atoms with Crippen molar-refractivity contribution in [2.45, 2.75) is 135 Å². The first kappa shape index (κ1) is 25.9. The van der Waals surface area contributed by atoms with Crippen molar-refractivity contribution >= 4 is 8.32 Å². The molecule has 0 radical (unpaired) electrons. The van der Waals surface area contributed by atoms with Crippen LogP contribution in [0, 0.1) is 0 Å². The molecule has 0 unspecified atom stereocenters. The van der Waals surface area contributed by atoms with Crippen LogP contribution in [0.25, 0.3) is 0 Å². The van der Waals surface area contributed by atoms with Crippen LogP contribution in [0.3, 0.4) is 0 Å². The zero-order valence-electron chi connectivity index (χ0n) is 20.1. The molecule has 0 bridgehead atoms. The summed E-state index contributed by atoms with van der Waals surface area (Å²) in [6.07, 6.45) is 16.5. The molecule has 1 saturated heterocycles. The average Bonchev–Trinajstić information content (AvgIpc) is 2.87.